The molecule has 0 atom stereocenters. The molecule has 0 heterocycles. The number of anilines is 1. The second-order valence-corrected chi connectivity index (χ2v) is 5.38. The fourth-order valence-corrected chi connectivity index (χ4v) is 2.33. The van der Waals surface area contributed by atoms with Crippen LogP contribution >= 0.6 is 11.8 Å². The van der Waals surface area contributed by atoms with Crippen molar-refractivity contribution in [1.29, 1.82) is 0 Å². The summed E-state index contributed by atoms with van der Waals surface area (Å²) in [7, 11) is 0. The maximum atomic E-state index is 11.7. The maximum Gasteiger partial charge on any atom is 0.338 e. The Hall–Kier alpha value is -1.94. The largest absolute Gasteiger partial charge is 0.462 e. The van der Waals surface area contributed by atoms with Gasteiger partial charge in [0.2, 0.25) is 0 Å². The van der Waals surface area contributed by atoms with Crippen molar-refractivity contribution >= 4 is 23.4 Å². The summed E-state index contributed by atoms with van der Waals surface area (Å²) in [6, 6.07) is 15.8. The fraction of sp³-hybridized carbons (Fsp3) is 0.235. The molecule has 4 heteroatoms. The minimum absolute atomic E-state index is 0.287. The zero-order valence-electron chi connectivity index (χ0n) is 12.3. The summed E-state index contributed by atoms with van der Waals surface area (Å²) in [5, 5.41) is 3.32. The van der Waals surface area contributed by atoms with Gasteiger partial charge in [-0.3, -0.25) is 0 Å². The Bertz CT molecular complexity index is 596. The third-order valence-corrected chi connectivity index (χ3v) is 3.77. The lowest BCUT2D eigenvalue weighted by molar-refractivity contribution is 0.0526. The van der Waals surface area contributed by atoms with Gasteiger partial charge >= 0.3 is 5.97 Å². The highest BCUT2D eigenvalue weighted by molar-refractivity contribution is 7.98. The SMILES string of the molecule is CCOC(=O)c1cccc(NCc2ccc(SC)cc2)c1. The number of benzene rings is 2. The van der Waals surface area contributed by atoms with Gasteiger partial charge < -0.3 is 10.1 Å². The number of rotatable bonds is 6. The quantitative estimate of drug-likeness (QED) is 0.641. The highest BCUT2D eigenvalue weighted by Crippen LogP contribution is 2.17. The van der Waals surface area contributed by atoms with Crippen molar-refractivity contribution < 1.29 is 9.53 Å². The Kier molecular flexibility index (Phi) is 5.69. The van der Waals surface area contributed by atoms with E-state index in [1.54, 1.807) is 24.8 Å². The van der Waals surface area contributed by atoms with Gasteiger partial charge in [-0.1, -0.05) is 18.2 Å². The van der Waals surface area contributed by atoms with Gasteiger partial charge in [-0.05, 0) is 49.1 Å². The third kappa shape index (κ3) is 4.53. The molecule has 0 aliphatic rings. The Morgan fingerprint density at radius 1 is 1.19 bits per heavy atom. The lowest BCUT2D eigenvalue weighted by Gasteiger charge is -2.09. The lowest BCUT2D eigenvalue weighted by atomic mass is 10.2. The molecule has 0 aromatic heterocycles. The smallest absolute Gasteiger partial charge is 0.338 e. The Morgan fingerprint density at radius 2 is 1.95 bits per heavy atom. The van der Waals surface area contributed by atoms with E-state index < -0.39 is 0 Å². The summed E-state index contributed by atoms with van der Waals surface area (Å²) >= 11 is 1.73. The van der Waals surface area contributed by atoms with Crippen LogP contribution < -0.4 is 5.32 Å². The van der Waals surface area contributed by atoms with E-state index >= 15 is 0 Å². The van der Waals surface area contributed by atoms with Crippen LogP contribution in [-0.2, 0) is 11.3 Å². The first-order valence-electron chi connectivity index (χ1n) is 6.87. The lowest BCUT2D eigenvalue weighted by Crippen LogP contribution is -2.06. The number of hydrogen-bond acceptors (Lipinski definition) is 4. The summed E-state index contributed by atoms with van der Waals surface area (Å²) in [6.07, 6.45) is 2.06. The van der Waals surface area contributed by atoms with Crippen LogP contribution in [0.2, 0.25) is 0 Å². The van der Waals surface area contributed by atoms with Crippen LogP contribution in [0.4, 0.5) is 5.69 Å². The molecule has 1 N–H and O–H groups in total. The molecular weight excluding hydrogens is 282 g/mol. The van der Waals surface area contributed by atoms with Gasteiger partial charge in [0.25, 0.3) is 0 Å². The molecule has 2 rings (SSSR count). The standard InChI is InChI=1S/C17H19NO2S/c1-3-20-17(19)14-5-4-6-15(11-14)18-12-13-7-9-16(21-2)10-8-13/h4-11,18H,3,12H2,1-2H3. The van der Waals surface area contributed by atoms with E-state index in [2.05, 4.69) is 35.8 Å². The number of hydrogen-bond donors (Lipinski definition) is 1. The summed E-state index contributed by atoms with van der Waals surface area (Å²) in [4.78, 5) is 12.9. The van der Waals surface area contributed by atoms with E-state index in [0.29, 0.717) is 12.2 Å². The number of carbonyl (C=O) groups excluding carboxylic acids is 1. The van der Waals surface area contributed by atoms with Gasteiger partial charge in [0.1, 0.15) is 0 Å². The molecule has 0 radical (unpaired) electrons. The average molecular weight is 301 g/mol. The molecule has 0 bridgehead atoms. The predicted molar refractivity (Wildman–Crippen MR) is 87.9 cm³/mol. The second-order valence-electron chi connectivity index (χ2n) is 4.50. The maximum absolute atomic E-state index is 11.7. The van der Waals surface area contributed by atoms with E-state index in [1.807, 2.05) is 18.2 Å². The van der Waals surface area contributed by atoms with Crippen molar-refractivity contribution in [2.45, 2.75) is 18.4 Å². The van der Waals surface area contributed by atoms with Gasteiger partial charge in [0.15, 0.2) is 0 Å². The monoisotopic (exact) mass is 301 g/mol. The first-order chi connectivity index (χ1) is 10.2. The number of carbonyl (C=O) groups is 1. The molecule has 2 aromatic rings. The van der Waals surface area contributed by atoms with Crippen LogP contribution in [0.15, 0.2) is 53.4 Å². The van der Waals surface area contributed by atoms with E-state index in [-0.39, 0.29) is 5.97 Å². The molecule has 3 nitrogen and oxygen atoms in total. The molecule has 110 valence electrons. The van der Waals surface area contributed by atoms with E-state index in [1.165, 1.54) is 10.5 Å². The Balaban J connectivity index is 1.99. The molecule has 0 aliphatic carbocycles. The summed E-state index contributed by atoms with van der Waals surface area (Å²) in [6.45, 7) is 2.91. The molecule has 0 aliphatic heterocycles. The number of thioether (sulfide) groups is 1. The van der Waals surface area contributed by atoms with Gasteiger partial charge in [-0.15, -0.1) is 11.8 Å². The van der Waals surface area contributed by atoms with Crippen LogP contribution in [-0.4, -0.2) is 18.8 Å². The average Bonchev–Trinajstić information content (AvgIpc) is 2.54. The van der Waals surface area contributed by atoms with Gasteiger partial charge in [-0.25, -0.2) is 4.79 Å². The number of nitrogens with one attached hydrogen (secondary N) is 1. The normalized spacial score (nSPS) is 10.2. The van der Waals surface area contributed by atoms with Crippen molar-refractivity contribution in [3.63, 3.8) is 0 Å². The van der Waals surface area contributed by atoms with Crippen LogP contribution in [0.5, 0.6) is 0 Å². The minimum atomic E-state index is -0.287. The van der Waals surface area contributed by atoms with Crippen molar-refractivity contribution in [2.75, 3.05) is 18.2 Å². The van der Waals surface area contributed by atoms with Crippen molar-refractivity contribution in [3.8, 4) is 0 Å². The Morgan fingerprint density at radius 3 is 2.62 bits per heavy atom. The molecule has 0 amide bonds. The molecule has 0 unspecified atom stereocenters. The zero-order chi connectivity index (χ0) is 15.1. The first-order valence-corrected chi connectivity index (χ1v) is 8.09. The fourth-order valence-electron chi connectivity index (χ4n) is 1.92. The van der Waals surface area contributed by atoms with Crippen molar-refractivity contribution in [1.82, 2.24) is 0 Å². The van der Waals surface area contributed by atoms with Gasteiger partial charge in [-0.2, -0.15) is 0 Å². The van der Waals surface area contributed by atoms with Crippen LogP contribution in [0.3, 0.4) is 0 Å². The molecule has 0 fully saturated rings. The van der Waals surface area contributed by atoms with E-state index in [9.17, 15) is 4.79 Å². The van der Waals surface area contributed by atoms with Crippen LogP contribution in [0.1, 0.15) is 22.8 Å². The number of esters is 1. The highest BCUT2D eigenvalue weighted by Gasteiger charge is 2.06. The van der Waals surface area contributed by atoms with Crippen LogP contribution in [0, 0.1) is 0 Å². The van der Waals surface area contributed by atoms with E-state index in [4.69, 9.17) is 4.74 Å². The summed E-state index contributed by atoms with van der Waals surface area (Å²) < 4.78 is 5.00. The minimum Gasteiger partial charge on any atom is -0.462 e. The zero-order valence-corrected chi connectivity index (χ0v) is 13.1. The second kappa shape index (κ2) is 7.74. The molecule has 0 spiro atoms. The molecule has 21 heavy (non-hydrogen) atoms. The Labute approximate surface area is 129 Å². The van der Waals surface area contributed by atoms with Crippen LogP contribution in [0.25, 0.3) is 0 Å². The number of ether oxygens (including phenoxy) is 1. The van der Waals surface area contributed by atoms with Gasteiger partial charge in [0.05, 0.1) is 12.2 Å². The first kappa shape index (κ1) is 15.4. The molecule has 2 aromatic carbocycles. The highest BCUT2D eigenvalue weighted by atomic mass is 32.2. The van der Waals surface area contributed by atoms with Crippen molar-refractivity contribution in [3.05, 3.63) is 59.7 Å². The summed E-state index contributed by atoms with van der Waals surface area (Å²) in [5.41, 5.74) is 2.68. The van der Waals surface area contributed by atoms with E-state index in [0.717, 1.165) is 12.2 Å². The third-order valence-electron chi connectivity index (χ3n) is 3.03. The summed E-state index contributed by atoms with van der Waals surface area (Å²) in [5.74, 6) is -0.287. The van der Waals surface area contributed by atoms with Crippen molar-refractivity contribution in [2.24, 2.45) is 0 Å². The molecular formula is C17H19NO2S. The topological polar surface area (TPSA) is 38.3 Å². The molecule has 0 saturated carbocycles. The van der Waals surface area contributed by atoms with Gasteiger partial charge in [0, 0.05) is 17.1 Å². The molecule has 0 saturated heterocycles. The predicted octanol–water partition coefficient (Wildman–Crippen LogP) is 4.20.